The van der Waals surface area contributed by atoms with E-state index in [1.807, 2.05) is 5.01 Å². The first-order valence-corrected chi connectivity index (χ1v) is 4.70. The fourth-order valence-corrected chi connectivity index (χ4v) is 1.69. The largest absolute Gasteiger partial charge is 0.301 e. The number of piperidine rings is 1. The highest BCUT2D eigenvalue weighted by Gasteiger charge is 2.20. The number of hydrazine groups is 1. The lowest BCUT2D eigenvalue weighted by molar-refractivity contribution is -0.244. The third-order valence-corrected chi connectivity index (χ3v) is 2.66. The average Bonchev–Trinajstić information content (AvgIpc) is 2.15. The molecule has 1 rings (SSSR count). The zero-order valence-electron chi connectivity index (χ0n) is 8.15. The highest BCUT2D eigenvalue weighted by molar-refractivity contribution is 4.75. The SMILES string of the molecule is CN(CCOO)C1CCN(N)CC1. The molecule has 0 aromatic heterocycles. The minimum Gasteiger partial charge on any atom is -0.301 e. The smallest absolute Gasteiger partial charge is 0.0946 e. The van der Waals surface area contributed by atoms with Crippen LogP contribution in [0.1, 0.15) is 12.8 Å². The first-order valence-electron chi connectivity index (χ1n) is 4.70. The molecule has 3 N–H and O–H groups in total. The van der Waals surface area contributed by atoms with Crippen LogP contribution in [0.15, 0.2) is 0 Å². The Labute approximate surface area is 79.0 Å². The summed E-state index contributed by atoms with van der Waals surface area (Å²) in [6.07, 6.45) is 2.19. The molecule has 1 saturated heterocycles. The molecule has 1 aliphatic heterocycles. The zero-order valence-corrected chi connectivity index (χ0v) is 8.15. The molecule has 0 saturated carbocycles. The summed E-state index contributed by atoms with van der Waals surface area (Å²) in [5.74, 6) is 5.65. The van der Waals surface area contributed by atoms with Crippen LogP contribution in [-0.4, -0.2) is 54.5 Å². The van der Waals surface area contributed by atoms with E-state index in [4.69, 9.17) is 11.1 Å². The van der Waals surface area contributed by atoms with Crippen LogP contribution in [-0.2, 0) is 4.89 Å². The van der Waals surface area contributed by atoms with Gasteiger partial charge >= 0.3 is 0 Å². The molecule has 5 nitrogen and oxygen atoms in total. The number of hydrogen-bond donors (Lipinski definition) is 2. The molecule has 0 atom stereocenters. The van der Waals surface area contributed by atoms with E-state index in [0.717, 1.165) is 32.5 Å². The van der Waals surface area contributed by atoms with Crippen LogP contribution in [0.25, 0.3) is 0 Å². The van der Waals surface area contributed by atoms with Gasteiger partial charge in [0.15, 0.2) is 0 Å². The predicted molar refractivity (Wildman–Crippen MR) is 50.0 cm³/mol. The molecule has 0 amide bonds. The van der Waals surface area contributed by atoms with Gasteiger partial charge in [-0.3, -0.25) is 11.1 Å². The second-order valence-corrected chi connectivity index (χ2v) is 3.58. The fourth-order valence-electron chi connectivity index (χ4n) is 1.69. The standard InChI is InChI=1S/C8H19N3O2/c1-10(6-7-13-12)8-2-4-11(9)5-3-8/h8,12H,2-7,9H2,1H3. The van der Waals surface area contributed by atoms with Crippen LogP contribution in [0.4, 0.5) is 0 Å². The van der Waals surface area contributed by atoms with E-state index in [0.29, 0.717) is 12.6 Å². The molecule has 0 unspecified atom stereocenters. The molecule has 0 aromatic carbocycles. The summed E-state index contributed by atoms with van der Waals surface area (Å²) in [6.45, 7) is 3.05. The van der Waals surface area contributed by atoms with Crippen molar-refractivity contribution in [1.82, 2.24) is 9.91 Å². The third-order valence-electron chi connectivity index (χ3n) is 2.66. The maximum atomic E-state index is 8.20. The lowest BCUT2D eigenvalue weighted by atomic mass is 10.1. The van der Waals surface area contributed by atoms with Crippen molar-refractivity contribution in [3.63, 3.8) is 0 Å². The van der Waals surface area contributed by atoms with Gasteiger partial charge in [0.1, 0.15) is 0 Å². The van der Waals surface area contributed by atoms with E-state index in [2.05, 4.69) is 16.8 Å². The summed E-state index contributed by atoms with van der Waals surface area (Å²) >= 11 is 0. The van der Waals surface area contributed by atoms with E-state index in [9.17, 15) is 0 Å². The van der Waals surface area contributed by atoms with Gasteiger partial charge in [-0.2, -0.15) is 0 Å². The van der Waals surface area contributed by atoms with Crippen molar-refractivity contribution in [2.24, 2.45) is 5.84 Å². The van der Waals surface area contributed by atoms with Gasteiger partial charge in [0.2, 0.25) is 0 Å². The van der Waals surface area contributed by atoms with Gasteiger partial charge < -0.3 is 4.90 Å². The Balaban J connectivity index is 2.19. The molecule has 78 valence electrons. The van der Waals surface area contributed by atoms with Gasteiger partial charge in [-0.25, -0.2) is 9.90 Å². The Hall–Kier alpha value is -0.200. The second-order valence-electron chi connectivity index (χ2n) is 3.58. The zero-order chi connectivity index (χ0) is 9.68. The van der Waals surface area contributed by atoms with Gasteiger partial charge in [-0.05, 0) is 19.9 Å². The molecule has 0 spiro atoms. The molecule has 0 radical (unpaired) electrons. The first-order chi connectivity index (χ1) is 6.24. The van der Waals surface area contributed by atoms with Crippen molar-refractivity contribution in [3.8, 4) is 0 Å². The van der Waals surface area contributed by atoms with Crippen molar-refractivity contribution in [1.29, 1.82) is 0 Å². The van der Waals surface area contributed by atoms with Crippen LogP contribution in [0.5, 0.6) is 0 Å². The van der Waals surface area contributed by atoms with E-state index in [1.54, 1.807) is 0 Å². The van der Waals surface area contributed by atoms with Gasteiger partial charge in [-0.15, -0.1) is 0 Å². The Morgan fingerprint density at radius 2 is 2.15 bits per heavy atom. The number of rotatable bonds is 4. The lowest BCUT2D eigenvalue weighted by Crippen LogP contribution is -2.46. The van der Waals surface area contributed by atoms with Crippen molar-refractivity contribution >= 4 is 0 Å². The van der Waals surface area contributed by atoms with Gasteiger partial charge in [-0.1, -0.05) is 0 Å². The predicted octanol–water partition coefficient (Wildman–Crippen LogP) is -0.254. The van der Waals surface area contributed by atoms with E-state index >= 15 is 0 Å². The van der Waals surface area contributed by atoms with Crippen molar-refractivity contribution in [2.75, 3.05) is 33.3 Å². The topological polar surface area (TPSA) is 62.0 Å². The molecular weight excluding hydrogens is 170 g/mol. The Morgan fingerprint density at radius 3 is 2.69 bits per heavy atom. The normalized spacial score (nSPS) is 21.2. The summed E-state index contributed by atoms with van der Waals surface area (Å²) in [4.78, 5) is 6.26. The number of nitrogens with zero attached hydrogens (tertiary/aromatic N) is 2. The van der Waals surface area contributed by atoms with E-state index < -0.39 is 0 Å². The average molecular weight is 189 g/mol. The van der Waals surface area contributed by atoms with Gasteiger partial charge in [0.05, 0.1) is 6.61 Å². The first kappa shape index (κ1) is 10.9. The van der Waals surface area contributed by atoms with Crippen molar-refractivity contribution in [3.05, 3.63) is 0 Å². The van der Waals surface area contributed by atoms with Crippen LogP contribution >= 0.6 is 0 Å². The molecule has 1 fully saturated rings. The van der Waals surface area contributed by atoms with Gasteiger partial charge in [0, 0.05) is 25.7 Å². The van der Waals surface area contributed by atoms with Crippen LogP contribution in [0.3, 0.4) is 0 Å². The van der Waals surface area contributed by atoms with Gasteiger partial charge in [0.25, 0.3) is 0 Å². The van der Waals surface area contributed by atoms with E-state index in [-0.39, 0.29) is 0 Å². The summed E-state index contributed by atoms with van der Waals surface area (Å²) in [7, 11) is 2.05. The Bertz CT molecular complexity index is 137. The minimum atomic E-state index is 0.374. The third kappa shape index (κ3) is 3.58. The number of nitrogens with two attached hydrogens (primary N) is 1. The minimum absolute atomic E-state index is 0.374. The molecule has 13 heavy (non-hydrogen) atoms. The summed E-state index contributed by atoms with van der Waals surface area (Å²) in [5, 5.41) is 10.1. The maximum Gasteiger partial charge on any atom is 0.0946 e. The molecule has 1 heterocycles. The van der Waals surface area contributed by atoms with Crippen molar-refractivity contribution in [2.45, 2.75) is 18.9 Å². The summed E-state index contributed by atoms with van der Waals surface area (Å²) in [6, 6.07) is 0.579. The Morgan fingerprint density at radius 1 is 1.54 bits per heavy atom. The highest BCUT2D eigenvalue weighted by atomic mass is 17.1. The monoisotopic (exact) mass is 189 g/mol. The fraction of sp³-hybridized carbons (Fsp3) is 1.00. The second kappa shape index (κ2) is 5.51. The van der Waals surface area contributed by atoms with Crippen LogP contribution in [0, 0.1) is 0 Å². The summed E-state index contributed by atoms with van der Waals surface area (Å²) in [5.41, 5.74) is 0. The number of hydrogen-bond acceptors (Lipinski definition) is 5. The van der Waals surface area contributed by atoms with Crippen LogP contribution in [0.2, 0.25) is 0 Å². The quantitative estimate of drug-likeness (QED) is 0.362. The molecular formula is C8H19N3O2. The molecule has 1 aliphatic rings. The lowest BCUT2D eigenvalue weighted by Gasteiger charge is -2.34. The summed E-state index contributed by atoms with van der Waals surface area (Å²) < 4.78 is 0. The van der Waals surface area contributed by atoms with Crippen molar-refractivity contribution < 1.29 is 10.1 Å². The highest BCUT2D eigenvalue weighted by Crippen LogP contribution is 2.12. The molecule has 0 aliphatic carbocycles. The molecule has 0 aromatic rings. The number of likely N-dealkylation sites (N-methyl/N-ethyl adjacent to an activating group) is 1. The molecule has 0 bridgehead atoms. The maximum absolute atomic E-state index is 8.20. The Kier molecular flexibility index (Phi) is 4.61. The van der Waals surface area contributed by atoms with Crippen LogP contribution < -0.4 is 5.84 Å². The van der Waals surface area contributed by atoms with E-state index in [1.165, 1.54) is 0 Å². The molecule has 5 heteroatoms.